The first-order valence-electron chi connectivity index (χ1n) is 9.54. The minimum atomic E-state index is -3.79. The van der Waals surface area contributed by atoms with Crippen LogP contribution >= 0.6 is 11.3 Å². The summed E-state index contributed by atoms with van der Waals surface area (Å²) in [6, 6.07) is 12.1. The highest BCUT2D eigenvalue weighted by molar-refractivity contribution is 7.89. The molecule has 1 aliphatic heterocycles. The Bertz CT molecular complexity index is 1450. The molecule has 154 valence electrons. The number of piperidine rings is 1. The summed E-state index contributed by atoms with van der Waals surface area (Å²) in [4.78, 5) is 32.9. The number of fused-ring (bicyclic) bond motifs is 2. The number of hydrogen-bond acceptors (Lipinski definition) is 6. The SMILES string of the molecule is O=c1[nH]c(=O)c2cc(S(=O)(=O)N3CCCC(c4nc5ccccc5s4)C3)ccc2[nH]1. The second-order valence-electron chi connectivity index (χ2n) is 7.34. The van der Waals surface area contributed by atoms with Gasteiger partial charge in [-0.15, -0.1) is 11.3 Å². The lowest BCUT2D eigenvalue weighted by Gasteiger charge is -2.31. The summed E-state index contributed by atoms with van der Waals surface area (Å²) in [5, 5.41) is 1.08. The first-order chi connectivity index (χ1) is 14.4. The summed E-state index contributed by atoms with van der Waals surface area (Å²) in [7, 11) is -3.79. The lowest BCUT2D eigenvalue weighted by Crippen LogP contribution is -2.39. The summed E-state index contributed by atoms with van der Waals surface area (Å²) in [6.45, 7) is 0.770. The second-order valence-corrected chi connectivity index (χ2v) is 10.3. The van der Waals surface area contributed by atoms with Crippen molar-refractivity contribution < 1.29 is 8.42 Å². The van der Waals surface area contributed by atoms with Crippen molar-refractivity contribution in [1.82, 2.24) is 19.3 Å². The molecular weight excluding hydrogens is 424 g/mol. The molecule has 2 N–H and O–H groups in total. The van der Waals surface area contributed by atoms with Gasteiger partial charge < -0.3 is 4.98 Å². The summed E-state index contributed by atoms with van der Waals surface area (Å²) in [5.74, 6) is 0.0335. The summed E-state index contributed by atoms with van der Waals surface area (Å²) in [5.41, 5.74) is -0.0106. The van der Waals surface area contributed by atoms with Crippen molar-refractivity contribution in [2.45, 2.75) is 23.7 Å². The molecule has 1 atom stereocenters. The van der Waals surface area contributed by atoms with Crippen LogP contribution in [0.5, 0.6) is 0 Å². The number of aromatic nitrogens is 3. The van der Waals surface area contributed by atoms with Gasteiger partial charge in [0.05, 0.1) is 31.0 Å². The highest BCUT2D eigenvalue weighted by atomic mass is 32.2. The van der Waals surface area contributed by atoms with Crippen LogP contribution in [-0.2, 0) is 10.0 Å². The van der Waals surface area contributed by atoms with E-state index in [4.69, 9.17) is 4.98 Å². The molecule has 1 fully saturated rings. The maximum Gasteiger partial charge on any atom is 0.326 e. The number of H-pyrrole nitrogens is 2. The van der Waals surface area contributed by atoms with E-state index in [0.29, 0.717) is 18.6 Å². The highest BCUT2D eigenvalue weighted by Gasteiger charge is 2.32. The average molecular weight is 443 g/mol. The number of rotatable bonds is 3. The monoisotopic (exact) mass is 442 g/mol. The van der Waals surface area contributed by atoms with Gasteiger partial charge >= 0.3 is 5.69 Å². The molecule has 2 aromatic heterocycles. The van der Waals surface area contributed by atoms with Crippen LogP contribution in [0, 0.1) is 0 Å². The Balaban J connectivity index is 1.48. The van der Waals surface area contributed by atoms with E-state index in [0.717, 1.165) is 28.1 Å². The van der Waals surface area contributed by atoms with Gasteiger partial charge in [0, 0.05) is 19.0 Å². The van der Waals surface area contributed by atoms with E-state index in [1.165, 1.54) is 22.5 Å². The van der Waals surface area contributed by atoms with E-state index in [1.54, 1.807) is 11.3 Å². The van der Waals surface area contributed by atoms with Gasteiger partial charge in [0.1, 0.15) is 0 Å². The molecule has 0 aliphatic carbocycles. The molecule has 1 unspecified atom stereocenters. The van der Waals surface area contributed by atoms with E-state index >= 15 is 0 Å². The number of nitrogens with zero attached hydrogens (tertiary/aromatic N) is 2. The second kappa shape index (κ2) is 7.15. The molecule has 30 heavy (non-hydrogen) atoms. The lowest BCUT2D eigenvalue weighted by atomic mass is 10.0. The third-order valence-corrected chi connectivity index (χ3v) is 8.45. The molecule has 2 aromatic carbocycles. The van der Waals surface area contributed by atoms with Crippen LogP contribution < -0.4 is 11.2 Å². The summed E-state index contributed by atoms with van der Waals surface area (Å²) in [6.07, 6.45) is 1.62. The molecule has 3 heterocycles. The molecule has 10 heteroatoms. The number of nitrogens with one attached hydrogen (secondary N) is 2. The van der Waals surface area contributed by atoms with Crippen molar-refractivity contribution in [2.75, 3.05) is 13.1 Å². The molecule has 8 nitrogen and oxygen atoms in total. The Morgan fingerprint density at radius 1 is 1.10 bits per heavy atom. The molecule has 1 aliphatic rings. The van der Waals surface area contributed by atoms with Crippen LogP contribution in [0.4, 0.5) is 0 Å². The standard InChI is InChI=1S/C20H18N4O4S2/c25-18-14-10-13(7-8-15(14)22-20(26)23-18)30(27,28)24-9-3-4-12(11-24)19-21-16-5-1-2-6-17(16)29-19/h1-2,5-8,10,12H,3-4,9,11H2,(H2,22,23,25,26). The Labute approximate surface area is 175 Å². The zero-order chi connectivity index (χ0) is 20.9. The zero-order valence-corrected chi connectivity index (χ0v) is 17.4. The van der Waals surface area contributed by atoms with Crippen LogP contribution in [0.15, 0.2) is 56.9 Å². The number of benzene rings is 2. The van der Waals surface area contributed by atoms with E-state index in [2.05, 4.69) is 9.97 Å². The van der Waals surface area contributed by atoms with Crippen molar-refractivity contribution in [2.24, 2.45) is 0 Å². The molecule has 0 radical (unpaired) electrons. The predicted molar refractivity (Wildman–Crippen MR) is 116 cm³/mol. The number of aromatic amines is 2. The minimum absolute atomic E-state index is 0.0335. The van der Waals surface area contributed by atoms with E-state index in [-0.39, 0.29) is 16.2 Å². The molecular formula is C20H18N4O4S2. The molecule has 0 bridgehead atoms. The predicted octanol–water partition coefficient (Wildman–Crippen LogP) is 2.39. The smallest absolute Gasteiger partial charge is 0.307 e. The fourth-order valence-electron chi connectivity index (χ4n) is 3.88. The van der Waals surface area contributed by atoms with Gasteiger partial charge in [-0.25, -0.2) is 18.2 Å². The topological polar surface area (TPSA) is 116 Å². The molecule has 1 saturated heterocycles. The van der Waals surface area contributed by atoms with Gasteiger partial charge in [-0.05, 0) is 43.2 Å². The molecule has 4 aromatic rings. The van der Waals surface area contributed by atoms with Crippen LogP contribution in [0.25, 0.3) is 21.1 Å². The summed E-state index contributed by atoms with van der Waals surface area (Å²) < 4.78 is 29.1. The fraction of sp³-hybridized carbons (Fsp3) is 0.250. The van der Waals surface area contributed by atoms with Crippen molar-refractivity contribution in [3.63, 3.8) is 0 Å². The largest absolute Gasteiger partial charge is 0.326 e. The van der Waals surface area contributed by atoms with Crippen LogP contribution in [0.3, 0.4) is 0 Å². The van der Waals surface area contributed by atoms with Crippen molar-refractivity contribution in [3.8, 4) is 0 Å². The highest BCUT2D eigenvalue weighted by Crippen LogP contribution is 2.34. The van der Waals surface area contributed by atoms with Crippen molar-refractivity contribution in [3.05, 3.63) is 68.3 Å². The molecule has 0 amide bonds. The molecule has 0 saturated carbocycles. The third-order valence-electron chi connectivity index (χ3n) is 5.39. The average Bonchev–Trinajstić information content (AvgIpc) is 3.18. The minimum Gasteiger partial charge on any atom is -0.307 e. The number of para-hydroxylation sites is 1. The Hall–Kier alpha value is -2.82. The van der Waals surface area contributed by atoms with Gasteiger partial charge in [0.25, 0.3) is 5.56 Å². The number of thiazole rings is 1. The van der Waals surface area contributed by atoms with Gasteiger partial charge in [-0.3, -0.25) is 9.78 Å². The Kier molecular flexibility index (Phi) is 4.57. The van der Waals surface area contributed by atoms with Gasteiger partial charge in [-0.2, -0.15) is 4.31 Å². The third kappa shape index (κ3) is 3.26. The van der Waals surface area contributed by atoms with Gasteiger partial charge in [0.15, 0.2) is 0 Å². The van der Waals surface area contributed by atoms with Gasteiger partial charge in [-0.1, -0.05) is 12.1 Å². The molecule has 0 spiro atoms. The number of hydrogen-bond donors (Lipinski definition) is 2. The Morgan fingerprint density at radius 3 is 2.77 bits per heavy atom. The first kappa shape index (κ1) is 19.2. The maximum absolute atomic E-state index is 13.3. The van der Waals surface area contributed by atoms with E-state index in [9.17, 15) is 18.0 Å². The van der Waals surface area contributed by atoms with Crippen LogP contribution in [0.2, 0.25) is 0 Å². The number of sulfonamides is 1. The maximum atomic E-state index is 13.3. The fourth-order valence-corrected chi connectivity index (χ4v) is 6.52. The van der Waals surface area contributed by atoms with Gasteiger partial charge in [0.2, 0.25) is 10.0 Å². The van der Waals surface area contributed by atoms with E-state index in [1.807, 2.05) is 24.3 Å². The van der Waals surface area contributed by atoms with Crippen LogP contribution in [-0.4, -0.2) is 40.8 Å². The first-order valence-corrected chi connectivity index (χ1v) is 11.8. The zero-order valence-electron chi connectivity index (χ0n) is 15.8. The lowest BCUT2D eigenvalue weighted by molar-refractivity contribution is 0.315. The Morgan fingerprint density at radius 2 is 1.93 bits per heavy atom. The van der Waals surface area contributed by atoms with Crippen molar-refractivity contribution in [1.29, 1.82) is 0 Å². The van der Waals surface area contributed by atoms with Crippen LogP contribution in [0.1, 0.15) is 23.8 Å². The quantitative estimate of drug-likeness (QED) is 0.505. The summed E-state index contributed by atoms with van der Waals surface area (Å²) >= 11 is 1.61. The van der Waals surface area contributed by atoms with Crippen molar-refractivity contribution >= 4 is 42.5 Å². The molecule has 5 rings (SSSR count). The normalized spacial score (nSPS) is 18.2. The van der Waals surface area contributed by atoms with E-state index < -0.39 is 21.3 Å².